The smallest absolute Gasteiger partial charge is 0.255 e. The Hall–Kier alpha value is -4.04. The van der Waals surface area contributed by atoms with Crippen LogP contribution in [0.25, 0.3) is 0 Å². The number of carbonyl (C=O) groups is 1. The van der Waals surface area contributed by atoms with Gasteiger partial charge in [-0.05, 0) is 62.1 Å². The number of hydrogen-bond donors (Lipinski definition) is 2. The molecule has 2 heterocycles. The molecule has 0 bridgehead atoms. The van der Waals surface area contributed by atoms with E-state index in [0.29, 0.717) is 23.3 Å². The summed E-state index contributed by atoms with van der Waals surface area (Å²) in [6.45, 7) is 8.69. The van der Waals surface area contributed by atoms with Crippen molar-refractivity contribution in [2.75, 3.05) is 17.2 Å². The third kappa shape index (κ3) is 6.01. The number of amides is 1. The summed E-state index contributed by atoms with van der Waals surface area (Å²) in [5.41, 5.74) is 6.41. The summed E-state index contributed by atoms with van der Waals surface area (Å²) in [5, 5.41) is 12.0. The average Bonchev–Trinajstić information content (AvgIpc) is 3.34. The zero-order valence-corrected chi connectivity index (χ0v) is 23.5. The highest BCUT2D eigenvalue weighted by atomic mass is 32.2. The molecule has 0 fully saturated rings. The minimum Gasteiger partial charge on any atom is -0.494 e. The molecule has 1 aromatic heterocycles. The minimum atomic E-state index is -0.453. The molecule has 0 aliphatic carbocycles. The van der Waals surface area contributed by atoms with Gasteiger partial charge in [-0.3, -0.25) is 4.79 Å². The minimum absolute atomic E-state index is 0.178. The molecule has 3 aromatic carbocycles. The summed E-state index contributed by atoms with van der Waals surface area (Å²) in [4.78, 5) is 18.6. The van der Waals surface area contributed by atoms with E-state index in [0.717, 1.165) is 46.0 Å². The van der Waals surface area contributed by atoms with Crippen LogP contribution in [0.4, 0.5) is 11.6 Å². The second kappa shape index (κ2) is 11.8. The van der Waals surface area contributed by atoms with Crippen molar-refractivity contribution in [3.63, 3.8) is 0 Å². The van der Waals surface area contributed by atoms with E-state index >= 15 is 0 Å². The largest absolute Gasteiger partial charge is 0.494 e. The maximum Gasteiger partial charge on any atom is 0.255 e. The first-order valence-corrected chi connectivity index (χ1v) is 14.1. The number of fused-ring (bicyclic) bond motifs is 1. The first-order chi connectivity index (χ1) is 18.9. The molecule has 1 atom stereocenters. The molecular formula is C31H33N5O2S. The zero-order valence-electron chi connectivity index (χ0n) is 22.7. The van der Waals surface area contributed by atoms with Crippen molar-refractivity contribution in [3.05, 3.63) is 106 Å². The Bertz CT molecular complexity index is 1500. The van der Waals surface area contributed by atoms with Gasteiger partial charge in [0.2, 0.25) is 11.1 Å². The fraction of sp³-hybridized carbons (Fsp3) is 0.258. The van der Waals surface area contributed by atoms with E-state index in [1.54, 1.807) is 11.8 Å². The van der Waals surface area contributed by atoms with Gasteiger partial charge in [-0.25, -0.2) is 4.68 Å². The van der Waals surface area contributed by atoms with E-state index in [1.807, 2.05) is 80.1 Å². The summed E-state index contributed by atoms with van der Waals surface area (Å²) < 4.78 is 7.62. The number of aryl methyl sites for hydroxylation is 2. The lowest BCUT2D eigenvalue weighted by Gasteiger charge is -2.29. The summed E-state index contributed by atoms with van der Waals surface area (Å²) in [6, 6.07) is 23.7. The maximum atomic E-state index is 13.8. The van der Waals surface area contributed by atoms with E-state index in [2.05, 4.69) is 35.8 Å². The molecule has 4 aromatic rings. The van der Waals surface area contributed by atoms with E-state index in [-0.39, 0.29) is 5.91 Å². The molecule has 39 heavy (non-hydrogen) atoms. The quantitative estimate of drug-likeness (QED) is 0.225. The van der Waals surface area contributed by atoms with Crippen molar-refractivity contribution in [1.29, 1.82) is 0 Å². The topological polar surface area (TPSA) is 81.1 Å². The number of aromatic nitrogens is 3. The predicted octanol–water partition coefficient (Wildman–Crippen LogP) is 6.90. The lowest BCUT2D eigenvalue weighted by molar-refractivity contribution is -0.113. The number of rotatable bonds is 9. The monoisotopic (exact) mass is 539 g/mol. The second-order valence-electron chi connectivity index (χ2n) is 9.69. The highest BCUT2D eigenvalue weighted by molar-refractivity contribution is 7.98. The van der Waals surface area contributed by atoms with E-state index in [9.17, 15) is 4.79 Å². The fourth-order valence-electron chi connectivity index (χ4n) is 4.63. The Balaban J connectivity index is 1.49. The average molecular weight is 540 g/mol. The molecular weight excluding hydrogens is 506 g/mol. The second-order valence-corrected chi connectivity index (χ2v) is 10.6. The SMILES string of the molecule is CCCOc1ccc(C2C(C(=O)Nc3ccc(C)cc3C)=C(C)Nc3nc(SCc4ccccc4)nn32)cc1. The highest BCUT2D eigenvalue weighted by Crippen LogP contribution is 2.37. The molecule has 5 rings (SSSR count). The van der Waals surface area contributed by atoms with Crippen LogP contribution in [-0.2, 0) is 10.5 Å². The third-order valence-corrected chi connectivity index (χ3v) is 7.50. The molecule has 1 unspecified atom stereocenters. The fourth-order valence-corrected chi connectivity index (χ4v) is 5.41. The van der Waals surface area contributed by atoms with Gasteiger partial charge in [-0.1, -0.05) is 78.8 Å². The van der Waals surface area contributed by atoms with Gasteiger partial charge in [0.15, 0.2) is 0 Å². The van der Waals surface area contributed by atoms with E-state index < -0.39 is 6.04 Å². The van der Waals surface area contributed by atoms with Crippen LogP contribution < -0.4 is 15.4 Å². The molecule has 8 heteroatoms. The van der Waals surface area contributed by atoms with Crippen molar-refractivity contribution >= 4 is 29.3 Å². The first-order valence-electron chi connectivity index (χ1n) is 13.2. The molecule has 7 nitrogen and oxygen atoms in total. The van der Waals surface area contributed by atoms with Gasteiger partial charge in [0.1, 0.15) is 11.8 Å². The normalized spacial score (nSPS) is 14.5. The van der Waals surface area contributed by atoms with Gasteiger partial charge >= 0.3 is 0 Å². The number of hydrogen-bond acceptors (Lipinski definition) is 6. The van der Waals surface area contributed by atoms with Gasteiger partial charge in [0.05, 0.1) is 12.2 Å². The van der Waals surface area contributed by atoms with Crippen molar-refractivity contribution in [2.24, 2.45) is 0 Å². The number of nitrogens with one attached hydrogen (secondary N) is 2. The summed E-state index contributed by atoms with van der Waals surface area (Å²) in [7, 11) is 0. The molecule has 0 spiro atoms. The lowest BCUT2D eigenvalue weighted by Crippen LogP contribution is -2.31. The number of nitrogens with zero attached hydrogens (tertiary/aromatic N) is 3. The van der Waals surface area contributed by atoms with Crippen LogP contribution in [0.1, 0.15) is 48.6 Å². The highest BCUT2D eigenvalue weighted by Gasteiger charge is 2.34. The van der Waals surface area contributed by atoms with Crippen LogP contribution in [0, 0.1) is 13.8 Å². The maximum absolute atomic E-state index is 13.8. The molecule has 1 amide bonds. The number of carbonyl (C=O) groups excluding carboxylic acids is 1. The van der Waals surface area contributed by atoms with Gasteiger partial charge in [0, 0.05) is 17.1 Å². The Kier molecular flexibility index (Phi) is 8.02. The Morgan fingerprint density at radius 1 is 1.05 bits per heavy atom. The summed E-state index contributed by atoms with van der Waals surface area (Å²) >= 11 is 1.57. The number of ether oxygens (including phenoxy) is 1. The van der Waals surface area contributed by atoms with Gasteiger partial charge < -0.3 is 15.4 Å². The molecule has 200 valence electrons. The van der Waals surface area contributed by atoms with Crippen molar-refractivity contribution in [1.82, 2.24) is 14.8 Å². The van der Waals surface area contributed by atoms with Gasteiger partial charge in [-0.15, -0.1) is 5.10 Å². The van der Waals surface area contributed by atoms with E-state index in [4.69, 9.17) is 14.8 Å². The van der Waals surface area contributed by atoms with Crippen LogP contribution in [-0.4, -0.2) is 27.3 Å². The molecule has 0 saturated carbocycles. The molecule has 2 N–H and O–H groups in total. The Labute approximate surface area is 233 Å². The summed E-state index contributed by atoms with van der Waals surface area (Å²) in [5.74, 6) is 1.99. The predicted molar refractivity (Wildman–Crippen MR) is 157 cm³/mol. The molecule has 1 aliphatic rings. The number of benzene rings is 3. The summed E-state index contributed by atoms with van der Waals surface area (Å²) in [6.07, 6.45) is 0.937. The first kappa shape index (κ1) is 26.6. The molecule has 0 radical (unpaired) electrons. The Morgan fingerprint density at radius 2 is 1.82 bits per heavy atom. The van der Waals surface area contributed by atoms with Crippen LogP contribution in [0.3, 0.4) is 0 Å². The number of thioether (sulfide) groups is 1. The van der Waals surface area contributed by atoms with Gasteiger partial charge in [0.25, 0.3) is 5.91 Å². The Morgan fingerprint density at radius 3 is 2.54 bits per heavy atom. The van der Waals surface area contributed by atoms with Crippen LogP contribution >= 0.6 is 11.8 Å². The van der Waals surface area contributed by atoms with Crippen LogP contribution in [0.15, 0.2) is 89.2 Å². The molecule has 1 aliphatic heterocycles. The lowest BCUT2D eigenvalue weighted by atomic mass is 9.94. The van der Waals surface area contributed by atoms with Crippen LogP contribution in [0.5, 0.6) is 5.75 Å². The standard InChI is InChI=1S/C31H33N5O2S/c1-5-17-38-25-14-12-24(13-15-25)28-27(29(37)33-26-16-11-20(2)18-21(26)3)22(4)32-30-34-31(35-36(28)30)39-19-23-9-7-6-8-10-23/h6-16,18,28H,5,17,19H2,1-4H3,(H,33,37)(H,32,34,35). The zero-order chi connectivity index (χ0) is 27.4. The number of anilines is 2. The number of allylic oxidation sites excluding steroid dienone is 1. The van der Waals surface area contributed by atoms with Gasteiger partial charge in [-0.2, -0.15) is 4.98 Å². The third-order valence-electron chi connectivity index (χ3n) is 6.59. The van der Waals surface area contributed by atoms with Crippen molar-refractivity contribution < 1.29 is 9.53 Å². The van der Waals surface area contributed by atoms with Crippen molar-refractivity contribution in [3.8, 4) is 5.75 Å². The van der Waals surface area contributed by atoms with E-state index in [1.165, 1.54) is 5.56 Å². The molecule has 0 saturated heterocycles. The van der Waals surface area contributed by atoms with Crippen molar-refractivity contribution in [2.45, 2.75) is 51.1 Å². The van der Waals surface area contributed by atoms with Crippen LogP contribution in [0.2, 0.25) is 0 Å².